The van der Waals surface area contributed by atoms with Gasteiger partial charge in [-0.2, -0.15) is 0 Å². The summed E-state index contributed by atoms with van der Waals surface area (Å²) >= 11 is 13.8. The highest BCUT2D eigenvalue weighted by molar-refractivity contribution is 9.11. The monoisotopic (exact) mass is 418 g/mol. The zero-order chi connectivity index (χ0) is 14.0. The molecule has 2 N–H and O–H groups in total. The number of rotatable bonds is 4. The fourth-order valence-corrected chi connectivity index (χ4v) is 3.54. The molecule has 0 bridgehead atoms. The molecule has 100 valence electrons. The van der Waals surface area contributed by atoms with E-state index in [0.29, 0.717) is 4.99 Å². The summed E-state index contributed by atoms with van der Waals surface area (Å²) in [5.41, 5.74) is 8.97. The average molecular weight is 420 g/mol. The van der Waals surface area contributed by atoms with E-state index in [4.69, 9.17) is 18.0 Å². The molecule has 1 aromatic carbocycles. The van der Waals surface area contributed by atoms with Crippen molar-refractivity contribution in [3.63, 3.8) is 0 Å². The second-order valence-electron chi connectivity index (χ2n) is 4.14. The number of nitrogens with zero attached hydrogens (tertiary/aromatic N) is 1. The van der Waals surface area contributed by atoms with E-state index in [1.54, 1.807) is 11.3 Å². The van der Waals surface area contributed by atoms with Gasteiger partial charge in [0.1, 0.15) is 4.99 Å². The van der Waals surface area contributed by atoms with E-state index in [1.165, 1.54) is 5.56 Å². The molecule has 1 heterocycles. The van der Waals surface area contributed by atoms with Gasteiger partial charge in [0.15, 0.2) is 0 Å². The summed E-state index contributed by atoms with van der Waals surface area (Å²) in [7, 11) is 2.04. The van der Waals surface area contributed by atoms with E-state index in [0.717, 1.165) is 26.1 Å². The van der Waals surface area contributed by atoms with Gasteiger partial charge in [-0.1, -0.05) is 28.1 Å². The highest BCUT2D eigenvalue weighted by atomic mass is 79.9. The second kappa shape index (κ2) is 6.35. The van der Waals surface area contributed by atoms with Crippen LogP contribution in [0.3, 0.4) is 0 Å². The molecule has 0 saturated heterocycles. The Kier molecular flexibility index (Phi) is 5.00. The Morgan fingerprint density at radius 1 is 1.37 bits per heavy atom. The van der Waals surface area contributed by atoms with Gasteiger partial charge in [-0.3, -0.25) is 0 Å². The summed E-state index contributed by atoms with van der Waals surface area (Å²) in [6, 6.07) is 8.06. The molecule has 1 aromatic heterocycles. The third-order valence-corrected chi connectivity index (χ3v) is 4.94. The topological polar surface area (TPSA) is 29.3 Å². The second-order valence-corrected chi connectivity index (χ2v) is 7.79. The van der Waals surface area contributed by atoms with Crippen molar-refractivity contribution in [3.05, 3.63) is 49.0 Å². The number of thiocarbonyl (C=S) groups is 1. The minimum atomic E-state index is 0.417. The zero-order valence-corrected chi connectivity index (χ0v) is 15.0. The molecule has 0 fully saturated rings. The first-order valence-corrected chi connectivity index (χ1v) is 8.38. The van der Waals surface area contributed by atoms with Crippen LogP contribution in [-0.2, 0) is 6.54 Å². The Hall–Kier alpha value is -0.430. The molecule has 0 atom stereocenters. The zero-order valence-electron chi connectivity index (χ0n) is 10.2. The standard InChI is InChI=1S/C13H12Br2N2S2/c1-17(6-8-4-12(15)19-7-8)11-5-9(14)2-3-10(11)13(16)18/h2-5,7H,6H2,1H3,(H2,16,18). The van der Waals surface area contributed by atoms with Crippen LogP contribution in [-0.4, -0.2) is 12.0 Å². The van der Waals surface area contributed by atoms with Crippen molar-refractivity contribution in [2.45, 2.75) is 6.54 Å². The summed E-state index contributed by atoms with van der Waals surface area (Å²) in [5.74, 6) is 0. The maximum Gasteiger partial charge on any atom is 0.106 e. The van der Waals surface area contributed by atoms with Crippen LogP contribution in [0.2, 0.25) is 0 Å². The van der Waals surface area contributed by atoms with Crippen LogP contribution in [0, 0.1) is 0 Å². The Balaban J connectivity index is 2.29. The van der Waals surface area contributed by atoms with Gasteiger partial charge >= 0.3 is 0 Å². The highest BCUT2D eigenvalue weighted by Gasteiger charge is 2.11. The van der Waals surface area contributed by atoms with Crippen molar-refractivity contribution in [2.75, 3.05) is 11.9 Å². The number of thiophene rings is 1. The lowest BCUT2D eigenvalue weighted by Gasteiger charge is -2.22. The van der Waals surface area contributed by atoms with Crippen molar-refractivity contribution < 1.29 is 0 Å². The molecule has 0 aliphatic carbocycles. The summed E-state index contributed by atoms with van der Waals surface area (Å²) in [6.45, 7) is 0.814. The Morgan fingerprint density at radius 3 is 2.68 bits per heavy atom. The van der Waals surface area contributed by atoms with Crippen LogP contribution in [0.5, 0.6) is 0 Å². The first kappa shape index (κ1) is 15.0. The third-order valence-electron chi connectivity index (χ3n) is 2.68. The molecule has 0 aliphatic rings. The summed E-state index contributed by atoms with van der Waals surface area (Å²) < 4.78 is 2.15. The predicted molar refractivity (Wildman–Crippen MR) is 94.2 cm³/mol. The number of hydrogen-bond acceptors (Lipinski definition) is 3. The molecule has 2 nitrogen and oxygen atoms in total. The summed E-state index contributed by atoms with van der Waals surface area (Å²) in [5, 5.41) is 2.14. The van der Waals surface area contributed by atoms with Gasteiger partial charge in [-0.25, -0.2) is 0 Å². The lowest BCUT2D eigenvalue weighted by molar-refractivity contribution is 0.925. The molecule has 0 unspecified atom stereocenters. The van der Waals surface area contributed by atoms with Crippen molar-refractivity contribution in [2.24, 2.45) is 5.73 Å². The molecule has 0 aliphatic heterocycles. The average Bonchev–Trinajstić information content (AvgIpc) is 2.74. The number of hydrogen-bond donors (Lipinski definition) is 1. The normalized spacial score (nSPS) is 10.5. The number of benzene rings is 1. The van der Waals surface area contributed by atoms with E-state index in [-0.39, 0.29) is 0 Å². The third kappa shape index (κ3) is 3.78. The Morgan fingerprint density at radius 2 is 2.11 bits per heavy atom. The molecule has 0 saturated carbocycles. The lowest BCUT2D eigenvalue weighted by Crippen LogP contribution is -2.21. The van der Waals surface area contributed by atoms with E-state index in [1.807, 2.05) is 25.2 Å². The predicted octanol–water partition coefficient (Wildman–Crippen LogP) is 4.54. The first-order valence-electron chi connectivity index (χ1n) is 5.51. The van der Waals surface area contributed by atoms with Crippen LogP contribution in [0.4, 0.5) is 5.69 Å². The van der Waals surface area contributed by atoms with Gasteiger partial charge < -0.3 is 10.6 Å². The first-order chi connectivity index (χ1) is 8.97. The molecule has 6 heteroatoms. The maximum atomic E-state index is 5.78. The number of anilines is 1. The molecule has 2 rings (SSSR count). The van der Waals surface area contributed by atoms with Gasteiger partial charge in [0.25, 0.3) is 0 Å². The van der Waals surface area contributed by atoms with Gasteiger partial charge in [0, 0.05) is 29.3 Å². The molecule has 2 aromatic rings. The van der Waals surface area contributed by atoms with Crippen LogP contribution < -0.4 is 10.6 Å². The summed E-state index contributed by atoms with van der Waals surface area (Å²) in [4.78, 5) is 2.56. The Bertz CT molecular complexity index is 610. The van der Waals surface area contributed by atoms with Crippen molar-refractivity contribution in [1.29, 1.82) is 0 Å². The number of nitrogens with two attached hydrogens (primary N) is 1. The maximum absolute atomic E-state index is 5.78. The van der Waals surface area contributed by atoms with Crippen LogP contribution >= 0.6 is 55.4 Å². The molecular formula is C13H12Br2N2S2. The smallest absolute Gasteiger partial charge is 0.106 e. The van der Waals surface area contributed by atoms with Crippen molar-refractivity contribution >= 4 is 66.1 Å². The molecular weight excluding hydrogens is 408 g/mol. The minimum absolute atomic E-state index is 0.417. The molecule has 0 spiro atoms. The van der Waals surface area contributed by atoms with E-state index in [9.17, 15) is 0 Å². The van der Waals surface area contributed by atoms with E-state index in [2.05, 4.69) is 48.2 Å². The van der Waals surface area contributed by atoms with Gasteiger partial charge in [-0.15, -0.1) is 11.3 Å². The number of halogens is 2. The highest BCUT2D eigenvalue weighted by Crippen LogP contribution is 2.27. The molecule has 19 heavy (non-hydrogen) atoms. The van der Waals surface area contributed by atoms with Gasteiger partial charge in [-0.05, 0) is 51.1 Å². The Labute approximate surface area is 138 Å². The minimum Gasteiger partial charge on any atom is -0.389 e. The van der Waals surface area contributed by atoms with Gasteiger partial charge in [0.05, 0.1) is 3.79 Å². The fourth-order valence-electron chi connectivity index (χ4n) is 1.82. The van der Waals surface area contributed by atoms with Crippen LogP contribution in [0.25, 0.3) is 0 Å². The van der Waals surface area contributed by atoms with Crippen LogP contribution in [0.1, 0.15) is 11.1 Å². The summed E-state index contributed by atoms with van der Waals surface area (Å²) in [6.07, 6.45) is 0. The lowest BCUT2D eigenvalue weighted by atomic mass is 10.1. The van der Waals surface area contributed by atoms with Gasteiger partial charge in [0.2, 0.25) is 0 Å². The molecule has 0 radical (unpaired) electrons. The largest absolute Gasteiger partial charge is 0.389 e. The van der Waals surface area contributed by atoms with Crippen molar-refractivity contribution in [3.8, 4) is 0 Å². The fraction of sp³-hybridized carbons (Fsp3) is 0.154. The van der Waals surface area contributed by atoms with Crippen LogP contribution in [0.15, 0.2) is 37.9 Å². The SMILES string of the molecule is CN(Cc1csc(Br)c1)c1cc(Br)ccc1C(N)=S. The van der Waals surface area contributed by atoms with E-state index < -0.39 is 0 Å². The molecule has 0 amide bonds. The van der Waals surface area contributed by atoms with E-state index >= 15 is 0 Å². The quantitative estimate of drug-likeness (QED) is 0.737. The van der Waals surface area contributed by atoms with Crippen molar-refractivity contribution in [1.82, 2.24) is 0 Å².